The van der Waals surface area contributed by atoms with Crippen molar-refractivity contribution in [1.29, 1.82) is 0 Å². The van der Waals surface area contributed by atoms with Gasteiger partial charge in [0.25, 0.3) is 0 Å². The van der Waals surface area contributed by atoms with Crippen LogP contribution in [0.3, 0.4) is 0 Å². The van der Waals surface area contributed by atoms with Gasteiger partial charge >= 0.3 is 5.97 Å². The Kier molecular flexibility index (Phi) is 6.38. The Morgan fingerprint density at radius 3 is 2.28 bits per heavy atom. The molecule has 3 atom stereocenters. The molecule has 1 aliphatic carbocycles. The molecule has 36 heavy (non-hydrogen) atoms. The molecule has 1 heterocycles. The number of anilines is 2. The number of allylic oxidation sites excluding steroid dienone is 1. The van der Waals surface area contributed by atoms with Crippen molar-refractivity contribution in [3.63, 3.8) is 0 Å². The van der Waals surface area contributed by atoms with Gasteiger partial charge in [-0.15, -0.1) is 0 Å². The number of carbonyl (C=O) groups is 2. The third kappa shape index (κ3) is 4.52. The van der Waals surface area contributed by atoms with Crippen LogP contribution < -0.4 is 24.8 Å². The summed E-state index contributed by atoms with van der Waals surface area (Å²) in [4.78, 5) is 25.1. The Labute approximate surface area is 210 Å². The van der Waals surface area contributed by atoms with Crippen molar-refractivity contribution in [2.75, 3.05) is 24.9 Å². The van der Waals surface area contributed by atoms with Crippen LogP contribution in [0.4, 0.5) is 11.4 Å². The van der Waals surface area contributed by atoms with Crippen molar-refractivity contribution < 1.29 is 23.8 Å². The molecule has 0 bridgehead atoms. The van der Waals surface area contributed by atoms with Gasteiger partial charge < -0.3 is 24.8 Å². The molecule has 0 amide bonds. The van der Waals surface area contributed by atoms with E-state index in [0.717, 1.165) is 28.2 Å². The lowest BCUT2D eigenvalue weighted by Crippen LogP contribution is -2.33. The number of carbonyl (C=O) groups excluding carboxylic acids is 2. The fraction of sp³-hybridized carbons (Fsp3) is 0.241. The van der Waals surface area contributed by atoms with E-state index in [1.165, 1.54) is 6.92 Å². The van der Waals surface area contributed by atoms with Crippen LogP contribution in [-0.4, -0.2) is 26.0 Å². The summed E-state index contributed by atoms with van der Waals surface area (Å²) >= 11 is 0. The zero-order valence-electron chi connectivity index (χ0n) is 20.4. The number of benzene rings is 3. The van der Waals surface area contributed by atoms with Crippen molar-refractivity contribution in [1.82, 2.24) is 0 Å². The quantitative estimate of drug-likeness (QED) is 0.367. The third-order valence-corrected chi connectivity index (χ3v) is 6.67. The molecule has 3 aromatic carbocycles. The molecule has 0 spiro atoms. The first-order valence-electron chi connectivity index (χ1n) is 11.8. The highest BCUT2D eigenvalue weighted by atomic mass is 16.5. The van der Waals surface area contributed by atoms with Crippen LogP contribution in [0.2, 0.25) is 0 Å². The lowest BCUT2D eigenvalue weighted by molar-refractivity contribution is -0.131. The summed E-state index contributed by atoms with van der Waals surface area (Å²) in [5.74, 6) is 1.00. The highest BCUT2D eigenvalue weighted by Gasteiger charge is 2.40. The number of ether oxygens (including phenoxy) is 3. The van der Waals surface area contributed by atoms with E-state index in [1.807, 2.05) is 54.6 Å². The molecule has 7 nitrogen and oxygen atoms in total. The number of esters is 1. The summed E-state index contributed by atoms with van der Waals surface area (Å²) in [5.41, 5.74) is 4.60. The smallest absolute Gasteiger partial charge is 0.308 e. The molecule has 7 heteroatoms. The number of rotatable bonds is 5. The van der Waals surface area contributed by atoms with Gasteiger partial charge in [0, 0.05) is 25.0 Å². The Morgan fingerprint density at radius 2 is 1.58 bits per heavy atom. The second-order valence-electron chi connectivity index (χ2n) is 8.95. The van der Waals surface area contributed by atoms with E-state index in [0.29, 0.717) is 23.7 Å². The van der Waals surface area contributed by atoms with E-state index >= 15 is 0 Å². The molecule has 3 unspecified atom stereocenters. The van der Waals surface area contributed by atoms with Crippen molar-refractivity contribution >= 4 is 23.1 Å². The van der Waals surface area contributed by atoms with Gasteiger partial charge in [-0.1, -0.05) is 36.4 Å². The molecule has 2 aliphatic rings. The molecular formula is C29H28N2O5. The average Bonchev–Trinajstić information content (AvgIpc) is 3.05. The number of para-hydroxylation sites is 2. The molecule has 184 valence electrons. The highest BCUT2D eigenvalue weighted by Crippen LogP contribution is 2.45. The van der Waals surface area contributed by atoms with E-state index < -0.39 is 5.92 Å². The molecule has 0 fully saturated rings. The fourth-order valence-corrected chi connectivity index (χ4v) is 4.99. The van der Waals surface area contributed by atoms with Crippen LogP contribution in [0.15, 0.2) is 78.5 Å². The van der Waals surface area contributed by atoms with Crippen LogP contribution in [0, 0.1) is 5.92 Å². The zero-order chi connectivity index (χ0) is 25.2. The third-order valence-electron chi connectivity index (χ3n) is 6.67. The van der Waals surface area contributed by atoms with Crippen LogP contribution in [0.5, 0.6) is 17.2 Å². The Morgan fingerprint density at radius 1 is 0.889 bits per heavy atom. The first-order chi connectivity index (χ1) is 17.5. The summed E-state index contributed by atoms with van der Waals surface area (Å²) in [7, 11) is 3.21. The monoisotopic (exact) mass is 484 g/mol. The minimum absolute atomic E-state index is 0.103. The van der Waals surface area contributed by atoms with E-state index in [1.54, 1.807) is 26.4 Å². The molecular weight excluding hydrogens is 456 g/mol. The SMILES string of the molecule is COc1ccc(C2C=C3Nc4ccccc4NC(c4ccc(OC(C)=O)cc4)C3C(=O)C2)cc1OC. The first kappa shape index (κ1) is 23.5. The lowest BCUT2D eigenvalue weighted by atomic mass is 9.76. The van der Waals surface area contributed by atoms with Gasteiger partial charge in [0.1, 0.15) is 11.5 Å². The number of methoxy groups -OCH3 is 2. The summed E-state index contributed by atoms with van der Waals surface area (Å²) in [6.07, 6.45) is 2.52. The number of hydrogen-bond acceptors (Lipinski definition) is 7. The molecule has 0 aromatic heterocycles. The molecule has 3 aromatic rings. The largest absolute Gasteiger partial charge is 0.493 e. The predicted octanol–water partition coefficient (Wildman–Crippen LogP) is 5.46. The topological polar surface area (TPSA) is 85.9 Å². The van der Waals surface area contributed by atoms with Gasteiger partial charge in [0.05, 0.1) is 37.6 Å². The molecule has 0 saturated heterocycles. The number of Topliss-reactive ketones (excluding diaryl/α,β-unsaturated/α-hetero) is 1. The molecule has 0 saturated carbocycles. The van der Waals surface area contributed by atoms with Crippen LogP contribution >= 0.6 is 0 Å². The minimum atomic E-state index is -0.409. The van der Waals surface area contributed by atoms with Gasteiger partial charge in [-0.05, 0) is 47.5 Å². The standard InChI is InChI=1S/C29H28N2O5/c1-17(32)36-21-11-8-18(9-12-21)29-28-24(30-22-6-4-5-7-23(22)31-29)14-20(15-25(28)33)19-10-13-26(34-2)27(16-19)35-3/h4-14,16,20,28-31H,15H2,1-3H3. The maximum atomic E-state index is 13.7. The number of fused-ring (bicyclic) bond motifs is 2. The second-order valence-corrected chi connectivity index (χ2v) is 8.95. The summed E-state index contributed by atoms with van der Waals surface area (Å²) < 4.78 is 16.1. The molecule has 2 N–H and O–H groups in total. The first-order valence-corrected chi connectivity index (χ1v) is 11.8. The van der Waals surface area contributed by atoms with E-state index in [9.17, 15) is 9.59 Å². The van der Waals surface area contributed by atoms with E-state index in [4.69, 9.17) is 14.2 Å². The van der Waals surface area contributed by atoms with Crippen molar-refractivity contribution in [3.8, 4) is 17.2 Å². The van der Waals surface area contributed by atoms with E-state index in [2.05, 4.69) is 16.7 Å². The average molecular weight is 485 g/mol. The summed E-state index contributed by atoms with van der Waals surface area (Å²) in [6, 6.07) is 20.7. The number of hydrogen-bond donors (Lipinski definition) is 2. The van der Waals surface area contributed by atoms with Crippen LogP contribution in [-0.2, 0) is 9.59 Å². The highest BCUT2D eigenvalue weighted by molar-refractivity contribution is 5.90. The van der Waals surface area contributed by atoms with Gasteiger partial charge in [-0.2, -0.15) is 0 Å². The number of nitrogens with one attached hydrogen (secondary N) is 2. The van der Waals surface area contributed by atoms with Gasteiger partial charge in [-0.3, -0.25) is 9.59 Å². The van der Waals surface area contributed by atoms with Crippen molar-refractivity contribution in [2.45, 2.75) is 25.3 Å². The Bertz CT molecular complexity index is 1330. The maximum absolute atomic E-state index is 13.7. The van der Waals surface area contributed by atoms with Crippen LogP contribution in [0.25, 0.3) is 0 Å². The van der Waals surface area contributed by atoms with E-state index in [-0.39, 0.29) is 23.7 Å². The van der Waals surface area contributed by atoms with Gasteiger partial charge in [0.15, 0.2) is 11.5 Å². The number of ketones is 1. The second kappa shape index (κ2) is 9.77. The normalized spacial score (nSPS) is 20.5. The Balaban J connectivity index is 1.55. The minimum Gasteiger partial charge on any atom is -0.493 e. The van der Waals surface area contributed by atoms with Crippen molar-refractivity contribution in [3.05, 3.63) is 89.6 Å². The fourth-order valence-electron chi connectivity index (χ4n) is 4.99. The maximum Gasteiger partial charge on any atom is 0.308 e. The predicted molar refractivity (Wildman–Crippen MR) is 138 cm³/mol. The molecule has 0 radical (unpaired) electrons. The zero-order valence-corrected chi connectivity index (χ0v) is 20.4. The molecule has 5 rings (SSSR count). The van der Waals surface area contributed by atoms with Gasteiger partial charge in [-0.25, -0.2) is 0 Å². The summed E-state index contributed by atoms with van der Waals surface area (Å²) in [5, 5.41) is 7.12. The van der Waals surface area contributed by atoms with Crippen molar-refractivity contribution in [2.24, 2.45) is 5.92 Å². The Hall–Kier alpha value is -4.26. The van der Waals surface area contributed by atoms with Crippen LogP contribution in [0.1, 0.15) is 36.4 Å². The molecule has 1 aliphatic heterocycles. The lowest BCUT2D eigenvalue weighted by Gasteiger charge is -2.32. The summed E-state index contributed by atoms with van der Waals surface area (Å²) in [6.45, 7) is 1.37. The van der Waals surface area contributed by atoms with Gasteiger partial charge in [0.2, 0.25) is 0 Å².